The van der Waals surface area contributed by atoms with Gasteiger partial charge < -0.3 is 4.74 Å². The maximum atomic E-state index is 11.8. The van der Waals surface area contributed by atoms with Crippen LogP contribution in [0.4, 0.5) is 0 Å². The van der Waals surface area contributed by atoms with Gasteiger partial charge in [0.15, 0.2) is 0 Å². The van der Waals surface area contributed by atoms with Crippen molar-refractivity contribution in [2.75, 3.05) is 6.61 Å². The third-order valence-electron chi connectivity index (χ3n) is 4.51. The molecule has 0 amide bonds. The van der Waals surface area contributed by atoms with E-state index in [-0.39, 0.29) is 11.9 Å². The first-order valence-electron chi connectivity index (χ1n) is 10.1. The SMILES string of the molecule is CCCC/C=C\CCCCCCCC(=O)OCC(C)c1ccccc1. The Hall–Kier alpha value is -1.57. The Morgan fingerprint density at radius 2 is 1.60 bits per heavy atom. The first-order valence-corrected chi connectivity index (χ1v) is 10.1. The van der Waals surface area contributed by atoms with Gasteiger partial charge in [-0.2, -0.15) is 0 Å². The molecule has 0 aromatic heterocycles. The highest BCUT2D eigenvalue weighted by Gasteiger charge is 2.08. The third kappa shape index (κ3) is 11.6. The minimum atomic E-state index is -0.0540. The van der Waals surface area contributed by atoms with Crippen LogP contribution in [0.3, 0.4) is 0 Å². The molecule has 1 unspecified atom stereocenters. The van der Waals surface area contributed by atoms with Gasteiger partial charge in [0.2, 0.25) is 0 Å². The molecule has 1 atom stereocenters. The quantitative estimate of drug-likeness (QED) is 0.210. The summed E-state index contributed by atoms with van der Waals surface area (Å²) in [5, 5.41) is 0. The summed E-state index contributed by atoms with van der Waals surface area (Å²) in [4.78, 5) is 11.8. The summed E-state index contributed by atoms with van der Waals surface area (Å²) in [5.74, 6) is 0.206. The predicted molar refractivity (Wildman–Crippen MR) is 107 cm³/mol. The number of rotatable bonds is 14. The molecule has 0 radical (unpaired) electrons. The van der Waals surface area contributed by atoms with Gasteiger partial charge in [-0.25, -0.2) is 0 Å². The van der Waals surface area contributed by atoms with E-state index in [2.05, 4.69) is 38.1 Å². The van der Waals surface area contributed by atoms with E-state index < -0.39 is 0 Å². The summed E-state index contributed by atoms with van der Waals surface area (Å²) in [6, 6.07) is 10.2. The van der Waals surface area contributed by atoms with Crippen molar-refractivity contribution >= 4 is 5.97 Å². The van der Waals surface area contributed by atoms with Crippen molar-refractivity contribution < 1.29 is 9.53 Å². The molecule has 1 rings (SSSR count). The van der Waals surface area contributed by atoms with Crippen LogP contribution < -0.4 is 0 Å². The fourth-order valence-electron chi connectivity index (χ4n) is 2.79. The van der Waals surface area contributed by atoms with E-state index >= 15 is 0 Å². The maximum absolute atomic E-state index is 11.8. The molecule has 0 saturated heterocycles. The van der Waals surface area contributed by atoms with Crippen LogP contribution in [0, 0.1) is 0 Å². The van der Waals surface area contributed by atoms with E-state index in [1.165, 1.54) is 50.5 Å². The highest BCUT2D eigenvalue weighted by atomic mass is 16.5. The zero-order valence-corrected chi connectivity index (χ0v) is 16.2. The number of esters is 1. The fourth-order valence-corrected chi connectivity index (χ4v) is 2.79. The van der Waals surface area contributed by atoms with Crippen LogP contribution >= 0.6 is 0 Å². The largest absolute Gasteiger partial charge is 0.465 e. The van der Waals surface area contributed by atoms with Crippen LogP contribution in [0.25, 0.3) is 0 Å². The van der Waals surface area contributed by atoms with E-state index in [4.69, 9.17) is 4.74 Å². The smallest absolute Gasteiger partial charge is 0.305 e. The molecule has 0 aliphatic heterocycles. The van der Waals surface area contributed by atoms with Gasteiger partial charge in [-0.3, -0.25) is 4.79 Å². The molecule has 140 valence electrons. The second kappa shape index (κ2) is 14.7. The Morgan fingerprint density at radius 1 is 0.960 bits per heavy atom. The lowest BCUT2D eigenvalue weighted by molar-refractivity contribution is -0.144. The Balaban J connectivity index is 1.94. The lowest BCUT2D eigenvalue weighted by Gasteiger charge is -2.12. The first-order chi connectivity index (χ1) is 12.2. The molecule has 1 aromatic rings. The topological polar surface area (TPSA) is 26.3 Å². The van der Waals surface area contributed by atoms with E-state index in [9.17, 15) is 4.79 Å². The number of allylic oxidation sites excluding steroid dienone is 2. The minimum Gasteiger partial charge on any atom is -0.465 e. The molecular weight excluding hydrogens is 308 g/mol. The van der Waals surface area contributed by atoms with Gasteiger partial charge in [0, 0.05) is 12.3 Å². The molecule has 2 heteroatoms. The van der Waals surface area contributed by atoms with Crippen LogP contribution in [0.15, 0.2) is 42.5 Å². The van der Waals surface area contributed by atoms with Crippen molar-refractivity contribution in [2.45, 2.75) is 84.0 Å². The van der Waals surface area contributed by atoms with Crippen molar-refractivity contribution in [3.63, 3.8) is 0 Å². The van der Waals surface area contributed by atoms with Crippen LogP contribution in [-0.4, -0.2) is 12.6 Å². The number of benzene rings is 1. The summed E-state index contributed by atoms with van der Waals surface area (Å²) >= 11 is 0. The first kappa shape index (κ1) is 21.5. The number of unbranched alkanes of at least 4 members (excludes halogenated alkanes) is 7. The van der Waals surface area contributed by atoms with Crippen molar-refractivity contribution in [2.24, 2.45) is 0 Å². The maximum Gasteiger partial charge on any atom is 0.305 e. The lowest BCUT2D eigenvalue weighted by atomic mass is 10.0. The fraction of sp³-hybridized carbons (Fsp3) is 0.609. The lowest BCUT2D eigenvalue weighted by Crippen LogP contribution is -2.10. The molecule has 1 aromatic carbocycles. The second-order valence-electron chi connectivity index (χ2n) is 6.91. The molecular formula is C23H36O2. The van der Waals surface area contributed by atoms with Gasteiger partial charge in [-0.05, 0) is 31.2 Å². The van der Waals surface area contributed by atoms with Crippen molar-refractivity contribution in [3.8, 4) is 0 Å². The summed E-state index contributed by atoms with van der Waals surface area (Å²) in [6.45, 7) is 4.81. The molecule has 0 aliphatic rings. The number of hydrogen-bond acceptors (Lipinski definition) is 2. The van der Waals surface area contributed by atoms with Gasteiger partial charge in [0.1, 0.15) is 0 Å². The van der Waals surface area contributed by atoms with Crippen LogP contribution in [0.1, 0.15) is 89.5 Å². The highest BCUT2D eigenvalue weighted by Crippen LogP contribution is 2.15. The van der Waals surface area contributed by atoms with E-state index in [1.807, 2.05) is 18.2 Å². The Morgan fingerprint density at radius 3 is 2.32 bits per heavy atom. The Labute approximate surface area is 154 Å². The molecule has 0 spiro atoms. The van der Waals surface area contributed by atoms with Gasteiger partial charge >= 0.3 is 5.97 Å². The molecule has 0 heterocycles. The van der Waals surface area contributed by atoms with Crippen molar-refractivity contribution in [1.82, 2.24) is 0 Å². The highest BCUT2D eigenvalue weighted by molar-refractivity contribution is 5.69. The normalized spacial score (nSPS) is 12.4. The van der Waals surface area contributed by atoms with Gasteiger partial charge in [-0.15, -0.1) is 0 Å². The summed E-state index contributed by atoms with van der Waals surface area (Å²) in [5.41, 5.74) is 1.22. The third-order valence-corrected chi connectivity index (χ3v) is 4.51. The average molecular weight is 345 g/mol. The van der Waals surface area contributed by atoms with Gasteiger partial charge in [0.25, 0.3) is 0 Å². The molecule has 0 aliphatic carbocycles. The average Bonchev–Trinajstić information content (AvgIpc) is 2.65. The Bertz CT molecular complexity index is 464. The molecule has 0 fully saturated rings. The molecule has 25 heavy (non-hydrogen) atoms. The van der Waals surface area contributed by atoms with Crippen LogP contribution in [0.5, 0.6) is 0 Å². The van der Waals surface area contributed by atoms with Crippen molar-refractivity contribution in [1.29, 1.82) is 0 Å². The van der Waals surface area contributed by atoms with E-state index in [0.717, 1.165) is 12.8 Å². The monoisotopic (exact) mass is 344 g/mol. The molecule has 0 bridgehead atoms. The zero-order valence-electron chi connectivity index (χ0n) is 16.2. The van der Waals surface area contributed by atoms with E-state index in [0.29, 0.717) is 13.0 Å². The molecule has 2 nitrogen and oxygen atoms in total. The summed E-state index contributed by atoms with van der Waals surface area (Å²) in [6.07, 6.45) is 16.0. The van der Waals surface area contributed by atoms with Gasteiger partial charge in [-0.1, -0.05) is 88.4 Å². The predicted octanol–water partition coefficient (Wildman–Crippen LogP) is 6.81. The zero-order chi connectivity index (χ0) is 18.2. The minimum absolute atomic E-state index is 0.0540. The Kier molecular flexibility index (Phi) is 12.7. The van der Waals surface area contributed by atoms with Crippen LogP contribution in [0.2, 0.25) is 0 Å². The number of carbonyl (C=O) groups excluding carboxylic acids is 1. The standard InChI is InChI=1S/C23H36O2/c1-3-4-5-6-7-8-9-10-11-12-16-19-23(24)25-20-21(2)22-17-14-13-15-18-22/h6-7,13-15,17-18,21H,3-5,8-12,16,19-20H2,1-2H3/b7-6-. The number of hydrogen-bond donors (Lipinski definition) is 0. The van der Waals surface area contributed by atoms with Crippen molar-refractivity contribution in [3.05, 3.63) is 48.0 Å². The summed E-state index contributed by atoms with van der Waals surface area (Å²) in [7, 11) is 0. The van der Waals surface area contributed by atoms with Gasteiger partial charge in [0.05, 0.1) is 6.61 Å². The van der Waals surface area contributed by atoms with E-state index in [1.54, 1.807) is 0 Å². The summed E-state index contributed by atoms with van der Waals surface area (Å²) < 4.78 is 5.40. The number of ether oxygens (including phenoxy) is 1. The van der Waals surface area contributed by atoms with Crippen LogP contribution in [-0.2, 0) is 9.53 Å². The molecule has 0 N–H and O–H groups in total. The molecule has 0 saturated carbocycles. The second-order valence-corrected chi connectivity index (χ2v) is 6.91. The number of carbonyl (C=O) groups is 1.